The molecule has 2 aromatic carbocycles. The number of hydrogen-bond acceptors (Lipinski definition) is 4. The SMILES string of the molecule is O=C1c2cc(Br)cc(Br)c2OC(c2ccccc2)C1SC(=S)N1CCCC1. The summed E-state index contributed by atoms with van der Waals surface area (Å²) in [7, 11) is 0. The van der Waals surface area contributed by atoms with Crippen LogP contribution in [0.3, 0.4) is 0 Å². The molecule has 2 atom stereocenters. The molecule has 0 amide bonds. The van der Waals surface area contributed by atoms with Gasteiger partial charge in [0.05, 0.1) is 10.0 Å². The van der Waals surface area contributed by atoms with Gasteiger partial charge in [0, 0.05) is 17.6 Å². The maximum Gasteiger partial charge on any atom is 0.184 e. The Kier molecular flexibility index (Phi) is 5.92. The Hall–Kier alpha value is -0.890. The number of Topliss-reactive ketones (excluding diaryl/α,β-unsaturated/α-hetero) is 1. The zero-order chi connectivity index (χ0) is 19.0. The minimum atomic E-state index is -0.408. The van der Waals surface area contributed by atoms with Gasteiger partial charge in [-0.15, -0.1) is 0 Å². The number of likely N-dealkylation sites (tertiary alicyclic amines) is 1. The molecule has 7 heteroatoms. The molecule has 0 saturated carbocycles. The number of ketones is 1. The Morgan fingerprint density at radius 3 is 2.56 bits per heavy atom. The van der Waals surface area contributed by atoms with Crippen LogP contribution in [0.2, 0.25) is 0 Å². The summed E-state index contributed by atoms with van der Waals surface area (Å²) in [5.74, 6) is 0.652. The second-order valence-electron chi connectivity index (χ2n) is 6.58. The lowest BCUT2D eigenvalue weighted by molar-refractivity contribution is 0.0866. The molecule has 0 aliphatic carbocycles. The van der Waals surface area contributed by atoms with Gasteiger partial charge in [-0.05, 0) is 46.5 Å². The van der Waals surface area contributed by atoms with Crippen LogP contribution in [0.25, 0.3) is 0 Å². The van der Waals surface area contributed by atoms with E-state index in [-0.39, 0.29) is 11.9 Å². The summed E-state index contributed by atoms with van der Waals surface area (Å²) in [4.78, 5) is 15.6. The van der Waals surface area contributed by atoms with Gasteiger partial charge in [-0.25, -0.2) is 0 Å². The van der Waals surface area contributed by atoms with Gasteiger partial charge in [0.25, 0.3) is 0 Å². The summed E-state index contributed by atoms with van der Waals surface area (Å²) in [6, 6.07) is 13.6. The number of hydrogen-bond donors (Lipinski definition) is 0. The molecule has 2 aliphatic rings. The first-order valence-corrected chi connectivity index (χ1v) is 11.6. The number of benzene rings is 2. The molecular weight excluding hydrogens is 510 g/mol. The van der Waals surface area contributed by atoms with Crippen LogP contribution in [0.15, 0.2) is 51.4 Å². The van der Waals surface area contributed by atoms with E-state index in [2.05, 4.69) is 36.8 Å². The minimum Gasteiger partial charge on any atom is -0.482 e. The first kappa shape index (κ1) is 19.4. The molecule has 2 unspecified atom stereocenters. The Morgan fingerprint density at radius 2 is 1.85 bits per heavy atom. The number of ether oxygens (including phenoxy) is 1. The molecule has 2 aromatic rings. The van der Waals surface area contributed by atoms with Gasteiger partial charge >= 0.3 is 0 Å². The number of carbonyl (C=O) groups excluding carboxylic acids is 1. The Balaban J connectivity index is 1.72. The van der Waals surface area contributed by atoms with Gasteiger partial charge in [0.15, 0.2) is 5.78 Å². The van der Waals surface area contributed by atoms with E-state index in [0.717, 1.165) is 44.8 Å². The van der Waals surface area contributed by atoms with Crippen molar-refractivity contribution < 1.29 is 9.53 Å². The molecule has 0 radical (unpaired) electrons. The average molecular weight is 527 g/mol. The monoisotopic (exact) mass is 525 g/mol. The van der Waals surface area contributed by atoms with Crippen molar-refractivity contribution in [3.05, 3.63) is 62.5 Å². The largest absolute Gasteiger partial charge is 0.482 e. The molecular formula is C20H17Br2NO2S2. The lowest BCUT2D eigenvalue weighted by atomic mass is 9.96. The predicted molar refractivity (Wildman–Crippen MR) is 121 cm³/mol. The fourth-order valence-electron chi connectivity index (χ4n) is 3.43. The first-order valence-electron chi connectivity index (χ1n) is 8.75. The lowest BCUT2D eigenvalue weighted by Crippen LogP contribution is -2.37. The fraction of sp³-hybridized carbons (Fsp3) is 0.300. The third-order valence-electron chi connectivity index (χ3n) is 4.77. The molecule has 0 N–H and O–H groups in total. The van der Waals surface area contributed by atoms with E-state index in [1.54, 1.807) is 0 Å². The van der Waals surface area contributed by atoms with E-state index in [0.29, 0.717) is 11.3 Å². The topological polar surface area (TPSA) is 29.5 Å². The number of fused-ring (bicyclic) bond motifs is 1. The zero-order valence-corrected chi connectivity index (χ0v) is 19.2. The normalized spacial score (nSPS) is 21.7. The van der Waals surface area contributed by atoms with Gasteiger partial charge in [-0.3, -0.25) is 4.79 Å². The Labute approximate surface area is 185 Å². The van der Waals surface area contributed by atoms with Crippen LogP contribution >= 0.6 is 55.8 Å². The molecule has 1 saturated heterocycles. The van der Waals surface area contributed by atoms with Crippen LogP contribution in [0.1, 0.15) is 34.9 Å². The van der Waals surface area contributed by atoms with Gasteiger partial charge in [-0.1, -0.05) is 70.2 Å². The van der Waals surface area contributed by atoms with E-state index in [1.165, 1.54) is 11.8 Å². The van der Waals surface area contributed by atoms with Crippen LogP contribution in [0.4, 0.5) is 0 Å². The summed E-state index contributed by atoms with van der Waals surface area (Å²) in [5, 5.41) is -0.408. The second kappa shape index (κ2) is 8.23. The van der Waals surface area contributed by atoms with E-state index < -0.39 is 5.25 Å². The van der Waals surface area contributed by atoms with Crippen molar-refractivity contribution in [3.8, 4) is 5.75 Å². The summed E-state index contributed by atoms with van der Waals surface area (Å²) < 4.78 is 8.76. The molecule has 4 rings (SSSR count). The maximum atomic E-state index is 13.4. The molecule has 0 aromatic heterocycles. The Morgan fingerprint density at radius 1 is 1.15 bits per heavy atom. The molecule has 3 nitrogen and oxygen atoms in total. The second-order valence-corrected chi connectivity index (χ2v) is 10.1. The highest BCUT2D eigenvalue weighted by molar-refractivity contribution is 9.11. The predicted octanol–water partition coefficient (Wildman–Crippen LogP) is 6.01. The molecule has 2 heterocycles. The van der Waals surface area contributed by atoms with Crippen molar-refractivity contribution >= 4 is 65.9 Å². The van der Waals surface area contributed by atoms with E-state index in [4.69, 9.17) is 17.0 Å². The van der Waals surface area contributed by atoms with Gasteiger partial charge in [0.2, 0.25) is 0 Å². The highest BCUT2D eigenvalue weighted by atomic mass is 79.9. The molecule has 2 aliphatic heterocycles. The van der Waals surface area contributed by atoms with Crippen LogP contribution < -0.4 is 4.74 Å². The molecule has 0 spiro atoms. The number of nitrogens with zero attached hydrogens (tertiary/aromatic N) is 1. The lowest BCUT2D eigenvalue weighted by Gasteiger charge is -2.34. The minimum absolute atomic E-state index is 0.0543. The number of carbonyl (C=O) groups is 1. The van der Waals surface area contributed by atoms with Gasteiger partial charge in [0.1, 0.15) is 21.4 Å². The van der Waals surface area contributed by atoms with E-state index >= 15 is 0 Å². The van der Waals surface area contributed by atoms with Crippen molar-refractivity contribution in [1.29, 1.82) is 0 Å². The van der Waals surface area contributed by atoms with Crippen molar-refractivity contribution in [2.24, 2.45) is 0 Å². The van der Waals surface area contributed by atoms with Crippen molar-refractivity contribution in [1.82, 2.24) is 4.90 Å². The average Bonchev–Trinajstić information content (AvgIpc) is 3.20. The van der Waals surface area contributed by atoms with Crippen molar-refractivity contribution in [2.45, 2.75) is 24.2 Å². The molecule has 0 bridgehead atoms. The van der Waals surface area contributed by atoms with Crippen LogP contribution in [0, 0.1) is 0 Å². The molecule has 1 fully saturated rings. The highest BCUT2D eigenvalue weighted by Crippen LogP contribution is 2.45. The summed E-state index contributed by atoms with van der Waals surface area (Å²) in [6.07, 6.45) is 1.93. The fourth-order valence-corrected chi connectivity index (χ4v) is 6.36. The zero-order valence-electron chi connectivity index (χ0n) is 14.4. The summed E-state index contributed by atoms with van der Waals surface area (Å²) >= 11 is 14.1. The highest BCUT2D eigenvalue weighted by Gasteiger charge is 2.41. The summed E-state index contributed by atoms with van der Waals surface area (Å²) in [5.41, 5.74) is 1.57. The standard InChI is InChI=1S/C20H17Br2NO2S2/c21-13-10-14-16(24)19(27-20(26)23-8-4-5-9-23)17(12-6-2-1-3-7-12)25-18(14)15(22)11-13/h1-3,6-7,10-11,17,19H,4-5,8-9H2. The summed E-state index contributed by atoms with van der Waals surface area (Å²) in [6.45, 7) is 1.94. The maximum absolute atomic E-state index is 13.4. The molecule has 140 valence electrons. The third kappa shape index (κ3) is 3.97. The van der Waals surface area contributed by atoms with Crippen molar-refractivity contribution in [3.63, 3.8) is 0 Å². The van der Waals surface area contributed by atoms with E-state index in [9.17, 15) is 4.79 Å². The number of thioether (sulfide) groups is 1. The van der Waals surface area contributed by atoms with E-state index in [1.807, 2.05) is 42.5 Å². The number of rotatable bonds is 2. The van der Waals surface area contributed by atoms with Gasteiger partial charge < -0.3 is 9.64 Å². The quantitative estimate of drug-likeness (QED) is 0.447. The molecule has 27 heavy (non-hydrogen) atoms. The third-order valence-corrected chi connectivity index (χ3v) is 7.54. The number of thiocarbonyl (C=S) groups is 1. The first-order chi connectivity index (χ1) is 13.0. The Bertz CT molecular complexity index is 885. The smallest absolute Gasteiger partial charge is 0.184 e. The van der Waals surface area contributed by atoms with Gasteiger partial charge in [-0.2, -0.15) is 0 Å². The van der Waals surface area contributed by atoms with Crippen LogP contribution in [0.5, 0.6) is 5.75 Å². The van der Waals surface area contributed by atoms with Crippen molar-refractivity contribution in [2.75, 3.05) is 13.1 Å². The van der Waals surface area contributed by atoms with Crippen LogP contribution in [-0.2, 0) is 0 Å². The number of halogens is 2. The van der Waals surface area contributed by atoms with Crippen LogP contribution in [-0.4, -0.2) is 33.3 Å².